The Hall–Kier alpha value is -5.70. The first-order chi connectivity index (χ1) is 24.9. The Kier molecular flexibility index (Phi) is 10.3. The van der Waals surface area contributed by atoms with Crippen molar-refractivity contribution in [3.63, 3.8) is 0 Å². The lowest BCUT2D eigenvalue weighted by molar-refractivity contribution is 0.643. The minimum absolute atomic E-state index is 0. The van der Waals surface area contributed by atoms with Gasteiger partial charge in [-0.3, -0.25) is 19.0 Å². The standard InChI is InChI=1S/2C18H19BN6O.H2S/c2*1-9(2)16(19)23-15-13(17-20-10-6-4-5-7-11(10)21-17)18(26)22-12-8-25(3)24-14(12)15;/h2*4-9,16,23H,1-3H3,(H,20,21)(H,22,26);1H2. The summed E-state index contributed by atoms with van der Waals surface area (Å²) in [6.07, 6.45) is 3.54. The van der Waals surface area contributed by atoms with Crippen LogP contribution in [0.25, 0.3) is 66.9 Å². The molecule has 0 aliphatic heterocycles. The quantitative estimate of drug-likeness (QED) is 0.120. The van der Waals surface area contributed by atoms with Crippen molar-refractivity contribution in [1.82, 2.24) is 49.5 Å². The van der Waals surface area contributed by atoms with Gasteiger partial charge in [-0.25, -0.2) is 9.97 Å². The van der Waals surface area contributed by atoms with E-state index in [0.717, 1.165) is 22.1 Å². The number of rotatable bonds is 8. The van der Waals surface area contributed by atoms with Gasteiger partial charge in [-0.05, 0) is 48.0 Å². The highest BCUT2D eigenvalue weighted by atomic mass is 32.1. The number of nitrogens with one attached hydrogen (secondary N) is 6. The highest BCUT2D eigenvalue weighted by Gasteiger charge is 2.23. The lowest BCUT2D eigenvalue weighted by Gasteiger charge is -2.21. The van der Waals surface area contributed by atoms with E-state index in [2.05, 4.69) is 50.7 Å². The number of anilines is 2. The molecular formula is C36H40B2N12O2S. The first-order valence-electron chi connectivity index (χ1n) is 17.0. The average molecular weight is 726 g/mol. The lowest BCUT2D eigenvalue weighted by atomic mass is 9.85. The highest BCUT2D eigenvalue weighted by molar-refractivity contribution is 7.59. The van der Waals surface area contributed by atoms with Crippen LogP contribution < -0.4 is 21.8 Å². The second kappa shape index (κ2) is 14.7. The van der Waals surface area contributed by atoms with E-state index >= 15 is 0 Å². The lowest BCUT2D eigenvalue weighted by Crippen LogP contribution is -2.27. The Morgan fingerprint density at radius 1 is 0.604 bits per heavy atom. The van der Waals surface area contributed by atoms with Gasteiger partial charge >= 0.3 is 0 Å². The molecule has 2 unspecified atom stereocenters. The number of para-hydroxylation sites is 4. The van der Waals surface area contributed by atoms with Crippen LogP contribution in [-0.4, -0.2) is 77.0 Å². The van der Waals surface area contributed by atoms with E-state index in [0.29, 0.717) is 56.2 Å². The summed E-state index contributed by atoms with van der Waals surface area (Å²) >= 11 is 0. The van der Waals surface area contributed by atoms with Crippen LogP contribution in [0.5, 0.6) is 0 Å². The number of aryl methyl sites for hydroxylation is 2. The SMILES string of the molecule is S.[B]C(Nc1c(-c2nc3ccccc3[nH]2)c(=O)[nH]c2cn(C)nc12)C(C)C.[B]C(Nc1c(-c2nc3ccccc3[nH]2)c(=O)[nH]c2cn(C)nc12)C(C)C. The third kappa shape index (κ3) is 7.20. The van der Waals surface area contributed by atoms with Crippen LogP contribution in [0.2, 0.25) is 0 Å². The van der Waals surface area contributed by atoms with E-state index in [9.17, 15) is 9.59 Å². The number of benzene rings is 2. The van der Waals surface area contributed by atoms with E-state index in [1.54, 1.807) is 21.8 Å². The van der Waals surface area contributed by atoms with Gasteiger partial charge in [0, 0.05) is 26.5 Å². The second-order valence-corrected chi connectivity index (χ2v) is 13.6. The zero-order chi connectivity index (χ0) is 36.8. The maximum atomic E-state index is 12.9. The number of imidazole rings is 2. The number of hydrogen-bond acceptors (Lipinski definition) is 8. The van der Waals surface area contributed by atoms with Crippen molar-refractivity contribution in [3.8, 4) is 22.8 Å². The first-order valence-corrected chi connectivity index (χ1v) is 17.0. The van der Waals surface area contributed by atoms with Gasteiger partial charge in [0.2, 0.25) is 0 Å². The molecule has 6 aromatic heterocycles. The molecule has 0 spiro atoms. The number of aromatic nitrogens is 10. The molecule has 6 N–H and O–H groups in total. The molecular weight excluding hydrogens is 686 g/mol. The number of H-pyrrole nitrogens is 4. The van der Waals surface area contributed by atoms with E-state index in [4.69, 9.17) is 15.7 Å². The molecule has 53 heavy (non-hydrogen) atoms. The summed E-state index contributed by atoms with van der Waals surface area (Å²) in [5, 5.41) is 15.5. The zero-order valence-electron chi connectivity index (χ0n) is 30.2. The Bertz CT molecular complexity index is 2440. The molecule has 0 amide bonds. The van der Waals surface area contributed by atoms with E-state index in [-0.39, 0.29) is 48.3 Å². The van der Waals surface area contributed by atoms with Crippen molar-refractivity contribution < 1.29 is 0 Å². The smallest absolute Gasteiger partial charge is 0.261 e. The first kappa shape index (κ1) is 37.1. The summed E-state index contributed by atoms with van der Waals surface area (Å²) in [5.74, 6) is 0.667. The van der Waals surface area contributed by atoms with E-state index in [1.165, 1.54) is 0 Å². The Morgan fingerprint density at radius 3 is 1.34 bits per heavy atom. The van der Waals surface area contributed by atoms with E-state index < -0.39 is 0 Å². The molecule has 17 heteroatoms. The van der Waals surface area contributed by atoms with Gasteiger partial charge in [-0.1, -0.05) is 52.0 Å². The summed E-state index contributed by atoms with van der Waals surface area (Å²) < 4.78 is 3.32. The van der Waals surface area contributed by atoms with Gasteiger partial charge in [0.15, 0.2) is 0 Å². The molecule has 0 saturated carbocycles. The molecule has 4 radical (unpaired) electrons. The largest absolute Gasteiger partial charge is 0.388 e. The van der Waals surface area contributed by atoms with Gasteiger partial charge in [0.05, 0.1) is 60.2 Å². The van der Waals surface area contributed by atoms with Crippen molar-refractivity contribution in [2.75, 3.05) is 10.6 Å². The average Bonchev–Trinajstić information content (AvgIpc) is 3.88. The van der Waals surface area contributed by atoms with E-state index in [1.807, 2.05) is 90.3 Å². The van der Waals surface area contributed by atoms with Gasteiger partial charge in [-0.2, -0.15) is 23.7 Å². The van der Waals surface area contributed by atoms with Crippen LogP contribution in [0.3, 0.4) is 0 Å². The van der Waals surface area contributed by atoms with Gasteiger partial charge in [0.25, 0.3) is 11.1 Å². The molecule has 0 aliphatic carbocycles. The molecule has 0 aliphatic rings. The van der Waals surface area contributed by atoms with Crippen LogP contribution in [0, 0.1) is 11.8 Å². The minimum atomic E-state index is -0.329. The molecule has 6 heterocycles. The fourth-order valence-corrected chi connectivity index (χ4v) is 5.90. The van der Waals surface area contributed by atoms with Crippen molar-refractivity contribution in [2.24, 2.45) is 25.9 Å². The number of pyridine rings is 2. The van der Waals surface area contributed by atoms with Crippen molar-refractivity contribution >= 4 is 84.7 Å². The number of nitrogens with zero attached hydrogens (tertiary/aromatic N) is 6. The third-order valence-corrected chi connectivity index (χ3v) is 8.89. The number of aromatic amines is 4. The fraction of sp³-hybridized carbons (Fsp3) is 0.278. The number of fused-ring (bicyclic) bond motifs is 4. The van der Waals surface area contributed by atoms with Crippen molar-refractivity contribution in [1.29, 1.82) is 0 Å². The molecule has 8 rings (SSSR count). The molecule has 0 fully saturated rings. The predicted molar refractivity (Wildman–Crippen MR) is 219 cm³/mol. The molecule has 2 aromatic carbocycles. The van der Waals surface area contributed by atoms with Crippen LogP contribution in [0.15, 0.2) is 70.5 Å². The number of hydrogen-bond donors (Lipinski definition) is 6. The summed E-state index contributed by atoms with van der Waals surface area (Å²) in [4.78, 5) is 47.1. The zero-order valence-corrected chi connectivity index (χ0v) is 31.2. The second-order valence-electron chi connectivity index (χ2n) is 13.6. The van der Waals surface area contributed by atoms with Gasteiger partial charge in [-0.15, -0.1) is 0 Å². The van der Waals surface area contributed by atoms with Crippen molar-refractivity contribution in [2.45, 2.75) is 39.6 Å². The van der Waals surface area contributed by atoms with Crippen LogP contribution >= 0.6 is 13.5 Å². The Labute approximate surface area is 313 Å². The molecule has 8 aromatic rings. The van der Waals surface area contributed by atoms with Gasteiger partial charge < -0.3 is 30.6 Å². The summed E-state index contributed by atoms with van der Waals surface area (Å²) in [7, 11) is 16.1. The van der Waals surface area contributed by atoms with Crippen LogP contribution in [0.1, 0.15) is 27.7 Å². The maximum Gasteiger partial charge on any atom is 0.261 e. The minimum Gasteiger partial charge on any atom is -0.388 e. The summed E-state index contributed by atoms with van der Waals surface area (Å²) in [5.41, 5.74) is 7.41. The Morgan fingerprint density at radius 2 is 0.981 bits per heavy atom. The third-order valence-electron chi connectivity index (χ3n) is 8.89. The molecule has 268 valence electrons. The highest BCUT2D eigenvalue weighted by Crippen LogP contribution is 2.32. The predicted octanol–water partition coefficient (Wildman–Crippen LogP) is 4.85. The van der Waals surface area contributed by atoms with Crippen LogP contribution in [0.4, 0.5) is 11.4 Å². The molecule has 2 atom stereocenters. The fourth-order valence-electron chi connectivity index (χ4n) is 5.90. The van der Waals surface area contributed by atoms with Crippen molar-refractivity contribution in [3.05, 3.63) is 81.6 Å². The Balaban J connectivity index is 0.000000178. The summed E-state index contributed by atoms with van der Waals surface area (Å²) in [6, 6.07) is 15.3. The topological polar surface area (TPSA) is 183 Å². The molecule has 0 bridgehead atoms. The normalized spacial score (nSPS) is 12.7. The summed E-state index contributed by atoms with van der Waals surface area (Å²) in [6.45, 7) is 8.06. The maximum absolute atomic E-state index is 12.9. The molecule has 14 nitrogen and oxygen atoms in total. The van der Waals surface area contributed by atoms with Crippen LogP contribution in [-0.2, 0) is 14.1 Å². The molecule has 0 saturated heterocycles. The van der Waals surface area contributed by atoms with Gasteiger partial charge in [0.1, 0.15) is 33.8 Å². The monoisotopic (exact) mass is 726 g/mol.